The van der Waals surface area contributed by atoms with E-state index in [1.165, 1.54) is 59.2 Å². The van der Waals surface area contributed by atoms with Gasteiger partial charge in [0.05, 0.1) is 27.1 Å². The Morgan fingerprint density at radius 3 is 1.57 bits per heavy atom. The lowest BCUT2D eigenvalue weighted by atomic mass is 10.1. The van der Waals surface area contributed by atoms with Crippen LogP contribution in [0, 0.1) is 0 Å². The number of carbonyl (C=O) groups excluding carboxylic acids is 2. The lowest BCUT2D eigenvalue weighted by molar-refractivity contribution is -0.141. The highest BCUT2D eigenvalue weighted by Crippen LogP contribution is 2.09. The minimum atomic E-state index is -0.205. The molecule has 0 aromatic carbocycles. The molecule has 0 aromatic heterocycles. The predicted molar refractivity (Wildman–Crippen MR) is 92.3 cm³/mol. The van der Waals surface area contributed by atoms with Crippen LogP contribution in [-0.2, 0) is 19.1 Å². The maximum atomic E-state index is 11.3. The molecule has 0 spiro atoms. The Hall–Kier alpha value is -1.10. The number of nitrogens with zero attached hydrogens (tertiary/aromatic N) is 1. The molecule has 0 aliphatic carbocycles. The second-order valence-electron chi connectivity index (χ2n) is 5.97. The average Bonchev–Trinajstić information content (AvgIpc) is 2.57. The number of hydrogen-bond acceptors (Lipinski definition) is 5. The molecule has 136 valence electrons. The van der Waals surface area contributed by atoms with Crippen LogP contribution in [0.2, 0.25) is 0 Å². The molecule has 0 saturated heterocycles. The highest BCUT2D eigenvalue weighted by atomic mass is 16.5. The van der Waals surface area contributed by atoms with Gasteiger partial charge in [0.15, 0.2) is 0 Å². The number of ether oxygens (including phenoxy) is 2. The van der Waals surface area contributed by atoms with E-state index in [9.17, 15) is 9.59 Å². The van der Waals surface area contributed by atoms with Crippen LogP contribution >= 0.6 is 0 Å². The van der Waals surface area contributed by atoms with E-state index in [2.05, 4.69) is 21.3 Å². The van der Waals surface area contributed by atoms with Gasteiger partial charge in [-0.25, -0.2) is 0 Å². The smallest absolute Gasteiger partial charge is 0.306 e. The molecule has 23 heavy (non-hydrogen) atoms. The Bertz CT molecular complexity index is 287. The Morgan fingerprint density at radius 1 is 0.696 bits per heavy atom. The van der Waals surface area contributed by atoms with Gasteiger partial charge in [0.25, 0.3) is 0 Å². The summed E-state index contributed by atoms with van der Waals surface area (Å²) in [7, 11) is 2.80. The molecular formula is C18H35NO4. The summed E-state index contributed by atoms with van der Waals surface area (Å²) in [5.74, 6) is -0.409. The maximum Gasteiger partial charge on any atom is 0.306 e. The van der Waals surface area contributed by atoms with E-state index in [0.29, 0.717) is 25.9 Å². The van der Waals surface area contributed by atoms with Gasteiger partial charge < -0.3 is 14.4 Å². The Balaban J connectivity index is 3.86. The van der Waals surface area contributed by atoms with E-state index < -0.39 is 0 Å². The molecule has 5 heteroatoms. The Labute approximate surface area is 141 Å². The maximum absolute atomic E-state index is 11.3. The SMILES string of the molecule is CCCCCCCCCCN(CCC(=O)OC)CCC(=O)OC. The van der Waals surface area contributed by atoms with Crippen molar-refractivity contribution < 1.29 is 19.1 Å². The molecule has 0 bridgehead atoms. The van der Waals surface area contributed by atoms with E-state index >= 15 is 0 Å². The summed E-state index contributed by atoms with van der Waals surface area (Å²) in [5, 5.41) is 0. The second-order valence-corrected chi connectivity index (χ2v) is 5.97. The van der Waals surface area contributed by atoms with Gasteiger partial charge in [-0.3, -0.25) is 9.59 Å². The molecule has 0 unspecified atom stereocenters. The predicted octanol–water partition coefficient (Wildman–Crippen LogP) is 3.56. The molecule has 0 aliphatic rings. The summed E-state index contributed by atoms with van der Waals surface area (Å²) in [6, 6.07) is 0. The zero-order valence-electron chi connectivity index (χ0n) is 15.3. The van der Waals surface area contributed by atoms with Gasteiger partial charge in [0.2, 0.25) is 0 Å². The molecule has 0 atom stereocenters. The van der Waals surface area contributed by atoms with E-state index in [-0.39, 0.29) is 11.9 Å². The Morgan fingerprint density at radius 2 is 1.13 bits per heavy atom. The second kappa shape index (κ2) is 15.8. The van der Waals surface area contributed by atoms with E-state index in [4.69, 9.17) is 0 Å². The third-order valence-electron chi connectivity index (χ3n) is 4.05. The quantitative estimate of drug-likeness (QED) is 0.340. The topological polar surface area (TPSA) is 55.8 Å². The third-order valence-corrected chi connectivity index (χ3v) is 4.05. The minimum Gasteiger partial charge on any atom is -0.469 e. The molecule has 5 nitrogen and oxygen atoms in total. The highest BCUT2D eigenvalue weighted by Gasteiger charge is 2.10. The molecule has 0 N–H and O–H groups in total. The highest BCUT2D eigenvalue weighted by molar-refractivity contribution is 5.70. The van der Waals surface area contributed by atoms with Crippen molar-refractivity contribution in [2.75, 3.05) is 33.9 Å². The monoisotopic (exact) mass is 329 g/mol. The van der Waals surface area contributed by atoms with Gasteiger partial charge in [-0.05, 0) is 13.0 Å². The van der Waals surface area contributed by atoms with Crippen molar-refractivity contribution in [3.63, 3.8) is 0 Å². The van der Waals surface area contributed by atoms with Gasteiger partial charge >= 0.3 is 11.9 Å². The van der Waals surface area contributed by atoms with Gasteiger partial charge in [0.1, 0.15) is 0 Å². The van der Waals surface area contributed by atoms with Gasteiger partial charge in [-0.2, -0.15) is 0 Å². The largest absolute Gasteiger partial charge is 0.469 e. The van der Waals surface area contributed by atoms with Crippen LogP contribution < -0.4 is 0 Å². The average molecular weight is 329 g/mol. The van der Waals surface area contributed by atoms with E-state index in [0.717, 1.165) is 13.0 Å². The van der Waals surface area contributed by atoms with Crippen LogP contribution in [0.1, 0.15) is 71.1 Å². The van der Waals surface area contributed by atoms with Crippen LogP contribution in [0.25, 0.3) is 0 Å². The zero-order valence-corrected chi connectivity index (χ0v) is 15.3. The summed E-state index contributed by atoms with van der Waals surface area (Å²) < 4.78 is 9.36. The number of unbranched alkanes of at least 4 members (excludes halogenated alkanes) is 7. The van der Waals surface area contributed by atoms with E-state index in [1.807, 2.05) is 0 Å². The van der Waals surface area contributed by atoms with Crippen LogP contribution in [0.15, 0.2) is 0 Å². The van der Waals surface area contributed by atoms with Crippen LogP contribution in [0.4, 0.5) is 0 Å². The summed E-state index contributed by atoms with van der Waals surface area (Å²) in [6.45, 7) is 4.43. The summed E-state index contributed by atoms with van der Waals surface area (Å²) in [5.41, 5.74) is 0. The van der Waals surface area contributed by atoms with Crippen molar-refractivity contribution in [1.82, 2.24) is 4.90 Å². The van der Waals surface area contributed by atoms with Crippen molar-refractivity contribution in [3.05, 3.63) is 0 Å². The first-order valence-electron chi connectivity index (χ1n) is 9.00. The molecule has 0 amide bonds. The molecular weight excluding hydrogens is 294 g/mol. The van der Waals surface area contributed by atoms with Crippen molar-refractivity contribution in [1.29, 1.82) is 0 Å². The molecule has 0 saturated carbocycles. The van der Waals surface area contributed by atoms with Crippen molar-refractivity contribution in [2.45, 2.75) is 71.1 Å². The third kappa shape index (κ3) is 14.2. The molecule has 0 radical (unpaired) electrons. The summed E-state index contributed by atoms with van der Waals surface area (Å²) in [6.07, 6.45) is 10.9. The minimum absolute atomic E-state index is 0.205. The fourth-order valence-electron chi connectivity index (χ4n) is 2.51. The fourth-order valence-corrected chi connectivity index (χ4v) is 2.51. The van der Waals surface area contributed by atoms with Crippen molar-refractivity contribution >= 4 is 11.9 Å². The summed E-state index contributed by atoms with van der Waals surface area (Å²) >= 11 is 0. The molecule has 0 aliphatic heterocycles. The first-order chi connectivity index (χ1) is 11.1. The normalized spacial score (nSPS) is 10.8. The number of rotatable bonds is 15. The molecule has 0 heterocycles. The van der Waals surface area contributed by atoms with Gasteiger partial charge in [0, 0.05) is 13.1 Å². The number of carbonyl (C=O) groups is 2. The number of esters is 2. The number of methoxy groups -OCH3 is 2. The molecule has 0 rings (SSSR count). The van der Waals surface area contributed by atoms with Gasteiger partial charge in [-0.15, -0.1) is 0 Å². The fraction of sp³-hybridized carbons (Fsp3) is 0.889. The molecule has 0 aromatic rings. The van der Waals surface area contributed by atoms with Crippen LogP contribution in [0.3, 0.4) is 0 Å². The van der Waals surface area contributed by atoms with E-state index in [1.54, 1.807) is 0 Å². The van der Waals surface area contributed by atoms with Crippen LogP contribution in [-0.4, -0.2) is 50.7 Å². The lowest BCUT2D eigenvalue weighted by Crippen LogP contribution is -2.30. The number of hydrogen-bond donors (Lipinski definition) is 0. The first-order valence-corrected chi connectivity index (χ1v) is 9.00. The van der Waals surface area contributed by atoms with Crippen LogP contribution in [0.5, 0.6) is 0 Å². The summed E-state index contributed by atoms with van der Waals surface area (Å²) in [4.78, 5) is 24.7. The molecule has 0 fully saturated rings. The Kier molecular flexibility index (Phi) is 15.0. The standard InChI is InChI=1S/C18H35NO4/c1-4-5-6-7-8-9-10-11-14-19(15-12-17(20)22-2)16-13-18(21)23-3/h4-16H2,1-3H3. The first kappa shape index (κ1) is 21.9. The zero-order chi connectivity index (χ0) is 17.3. The van der Waals surface area contributed by atoms with Crippen molar-refractivity contribution in [3.8, 4) is 0 Å². The van der Waals surface area contributed by atoms with Crippen molar-refractivity contribution in [2.24, 2.45) is 0 Å². The van der Waals surface area contributed by atoms with Gasteiger partial charge in [-0.1, -0.05) is 51.9 Å². The lowest BCUT2D eigenvalue weighted by Gasteiger charge is -2.21.